The fraction of sp³-hybridized carbons (Fsp3) is 0.500. The van der Waals surface area contributed by atoms with Gasteiger partial charge in [0.2, 0.25) is 5.88 Å². The Hall–Kier alpha value is -1.16. The first-order valence-corrected chi connectivity index (χ1v) is 6.60. The molecule has 1 aliphatic carbocycles. The molecule has 2 heterocycles. The van der Waals surface area contributed by atoms with Crippen LogP contribution in [0.25, 0.3) is 10.2 Å². The van der Waals surface area contributed by atoms with Crippen LogP contribution in [0.2, 0.25) is 0 Å². The average Bonchev–Trinajstić information content (AvgIpc) is 2.68. The molecule has 0 radical (unpaired) electrons. The number of ether oxygens (including phenoxy) is 1. The molecule has 0 aromatic carbocycles. The summed E-state index contributed by atoms with van der Waals surface area (Å²) in [5, 5.41) is 1.17. The minimum Gasteiger partial charge on any atom is -0.477 e. The summed E-state index contributed by atoms with van der Waals surface area (Å²) >= 11 is 1.81. The molecule has 0 atom stereocenters. The second-order valence-corrected chi connectivity index (χ2v) is 5.09. The Balaban J connectivity index is 2.23. The summed E-state index contributed by atoms with van der Waals surface area (Å²) in [6.07, 6.45) is 6.54. The lowest BCUT2D eigenvalue weighted by Crippen LogP contribution is -2.00. The summed E-state index contributed by atoms with van der Waals surface area (Å²) < 4.78 is 5.60. The second-order valence-electron chi connectivity index (χ2n) is 4.00. The highest BCUT2D eigenvalue weighted by molar-refractivity contribution is 7.18. The lowest BCUT2D eigenvalue weighted by Gasteiger charge is -2.11. The van der Waals surface area contributed by atoms with Crippen LogP contribution >= 0.6 is 11.3 Å². The van der Waals surface area contributed by atoms with Gasteiger partial charge in [-0.05, 0) is 38.2 Å². The van der Waals surface area contributed by atoms with Crippen molar-refractivity contribution in [3.63, 3.8) is 0 Å². The molecular formula is C12H14N2OS. The van der Waals surface area contributed by atoms with Crippen LogP contribution in [0.5, 0.6) is 5.88 Å². The molecular weight excluding hydrogens is 220 g/mol. The van der Waals surface area contributed by atoms with Crippen LogP contribution in [-0.2, 0) is 12.8 Å². The van der Waals surface area contributed by atoms with E-state index in [4.69, 9.17) is 4.74 Å². The number of aryl methyl sites for hydroxylation is 2. The molecule has 3 rings (SSSR count). The quantitative estimate of drug-likeness (QED) is 0.801. The summed E-state index contributed by atoms with van der Waals surface area (Å²) in [4.78, 5) is 11.2. The van der Waals surface area contributed by atoms with Gasteiger partial charge in [0.1, 0.15) is 11.2 Å². The zero-order valence-corrected chi connectivity index (χ0v) is 10.1. The number of fused-ring (bicyclic) bond motifs is 3. The molecule has 0 unspecified atom stereocenters. The Kier molecular flexibility index (Phi) is 2.52. The Morgan fingerprint density at radius 1 is 1.31 bits per heavy atom. The predicted octanol–water partition coefficient (Wildman–Crippen LogP) is 2.97. The molecule has 0 N–H and O–H groups in total. The van der Waals surface area contributed by atoms with Crippen molar-refractivity contribution < 1.29 is 4.74 Å². The zero-order chi connectivity index (χ0) is 11.0. The molecule has 4 heteroatoms. The summed E-state index contributed by atoms with van der Waals surface area (Å²) in [5.41, 5.74) is 1.44. The van der Waals surface area contributed by atoms with Gasteiger partial charge in [0.05, 0.1) is 12.0 Å². The topological polar surface area (TPSA) is 35.0 Å². The van der Waals surface area contributed by atoms with Gasteiger partial charge in [-0.2, -0.15) is 0 Å². The van der Waals surface area contributed by atoms with E-state index in [9.17, 15) is 0 Å². The average molecular weight is 234 g/mol. The van der Waals surface area contributed by atoms with E-state index < -0.39 is 0 Å². The van der Waals surface area contributed by atoms with Crippen LogP contribution in [0.3, 0.4) is 0 Å². The number of nitrogens with zero attached hydrogens (tertiary/aromatic N) is 2. The number of rotatable bonds is 2. The minimum absolute atomic E-state index is 0.663. The van der Waals surface area contributed by atoms with Crippen molar-refractivity contribution in [2.45, 2.75) is 32.6 Å². The van der Waals surface area contributed by atoms with E-state index in [0.29, 0.717) is 6.61 Å². The fourth-order valence-corrected chi connectivity index (χ4v) is 3.53. The van der Waals surface area contributed by atoms with Gasteiger partial charge < -0.3 is 4.74 Å². The van der Waals surface area contributed by atoms with E-state index in [-0.39, 0.29) is 0 Å². The smallest absolute Gasteiger partial charge is 0.225 e. The third-order valence-corrected chi connectivity index (χ3v) is 4.20. The van der Waals surface area contributed by atoms with E-state index in [2.05, 4.69) is 9.97 Å². The molecule has 1 aliphatic rings. The van der Waals surface area contributed by atoms with Crippen molar-refractivity contribution in [2.75, 3.05) is 6.61 Å². The molecule has 0 spiro atoms. The molecule has 16 heavy (non-hydrogen) atoms. The predicted molar refractivity (Wildman–Crippen MR) is 65.2 cm³/mol. The Labute approximate surface area is 98.5 Å². The standard InChI is InChI=1S/C12H14N2OS/c1-2-15-11-10-8-5-3-4-6-9(8)16-12(10)14-7-13-11/h7H,2-6H2,1H3. The molecule has 84 valence electrons. The highest BCUT2D eigenvalue weighted by Gasteiger charge is 2.20. The van der Waals surface area contributed by atoms with Crippen LogP contribution in [0.15, 0.2) is 6.33 Å². The normalized spacial score (nSPS) is 15.1. The van der Waals surface area contributed by atoms with E-state index in [0.717, 1.165) is 17.1 Å². The summed E-state index contributed by atoms with van der Waals surface area (Å²) in [6.45, 7) is 2.66. The molecule has 0 saturated heterocycles. The summed E-state index contributed by atoms with van der Waals surface area (Å²) in [7, 11) is 0. The van der Waals surface area contributed by atoms with Gasteiger partial charge in [0.25, 0.3) is 0 Å². The van der Waals surface area contributed by atoms with Gasteiger partial charge in [-0.25, -0.2) is 9.97 Å². The SMILES string of the molecule is CCOc1ncnc2sc3c(c12)CCCC3. The maximum atomic E-state index is 5.60. The van der Waals surface area contributed by atoms with Crippen molar-refractivity contribution >= 4 is 21.6 Å². The number of thiophene rings is 1. The van der Waals surface area contributed by atoms with E-state index in [1.807, 2.05) is 18.3 Å². The van der Waals surface area contributed by atoms with Gasteiger partial charge in [-0.1, -0.05) is 0 Å². The van der Waals surface area contributed by atoms with Crippen LogP contribution in [-0.4, -0.2) is 16.6 Å². The van der Waals surface area contributed by atoms with Gasteiger partial charge in [-0.15, -0.1) is 11.3 Å². The van der Waals surface area contributed by atoms with Gasteiger partial charge in [-0.3, -0.25) is 0 Å². The van der Waals surface area contributed by atoms with Gasteiger partial charge >= 0.3 is 0 Å². The second kappa shape index (κ2) is 4.01. The van der Waals surface area contributed by atoms with Crippen LogP contribution in [0.4, 0.5) is 0 Å². The van der Waals surface area contributed by atoms with Crippen molar-refractivity contribution in [3.8, 4) is 5.88 Å². The Morgan fingerprint density at radius 2 is 2.19 bits per heavy atom. The van der Waals surface area contributed by atoms with Gasteiger partial charge in [0, 0.05) is 4.88 Å². The minimum atomic E-state index is 0.663. The molecule has 2 aromatic rings. The van der Waals surface area contributed by atoms with Crippen LogP contribution < -0.4 is 4.74 Å². The van der Waals surface area contributed by atoms with E-state index in [1.165, 1.54) is 35.1 Å². The maximum Gasteiger partial charge on any atom is 0.225 e. The third-order valence-electron chi connectivity index (χ3n) is 3.00. The van der Waals surface area contributed by atoms with E-state index >= 15 is 0 Å². The van der Waals surface area contributed by atoms with Crippen LogP contribution in [0, 0.1) is 0 Å². The number of aromatic nitrogens is 2. The van der Waals surface area contributed by atoms with Crippen LogP contribution in [0.1, 0.15) is 30.2 Å². The maximum absolute atomic E-state index is 5.60. The molecule has 0 aliphatic heterocycles. The third kappa shape index (κ3) is 1.48. The summed E-state index contributed by atoms with van der Waals surface area (Å²) in [6, 6.07) is 0. The van der Waals surface area contributed by atoms with Crippen molar-refractivity contribution in [1.29, 1.82) is 0 Å². The lowest BCUT2D eigenvalue weighted by molar-refractivity contribution is 0.330. The molecule has 0 saturated carbocycles. The highest BCUT2D eigenvalue weighted by atomic mass is 32.1. The summed E-state index contributed by atoms with van der Waals surface area (Å²) in [5.74, 6) is 0.770. The first-order valence-electron chi connectivity index (χ1n) is 5.78. The first kappa shape index (κ1) is 10.0. The lowest BCUT2D eigenvalue weighted by atomic mass is 9.97. The monoisotopic (exact) mass is 234 g/mol. The zero-order valence-electron chi connectivity index (χ0n) is 9.32. The van der Waals surface area contributed by atoms with Crippen molar-refractivity contribution in [3.05, 3.63) is 16.8 Å². The highest BCUT2D eigenvalue weighted by Crippen LogP contribution is 2.38. The van der Waals surface area contributed by atoms with Gasteiger partial charge in [0.15, 0.2) is 0 Å². The van der Waals surface area contributed by atoms with Crippen molar-refractivity contribution in [2.24, 2.45) is 0 Å². The molecule has 3 nitrogen and oxygen atoms in total. The Bertz CT molecular complexity index is 521. The largest absolute Gasteiger partial charge is 0.477 e. The first-order chi connectivity index (χ1) is 7.90. The fourth-order valence-electron chi connectivity index (χ4n) is 2.31. The Morgan fingerprint density at radius 3 is 3.06 bits per heavy atom. The molecule has 0 bridgehead atoms. The van der Waals surface area contributed by atoms with Crippen molar-refractivity contribution in [1.82, 2.24) is 9.97 Å². The number of hydrogen-bond donors (Lipinski definition) is 0. The molecule has 0 fully saturated rings. The molecule has 0 amide bonds. The molecule has 2 aromatic heterocycles. The number of hydrogen-bond acceptors (Lipinski definition) is 4. The van der Waals surface area contributed by atoms with E-state index in [1.54, 1.807) is 6.33 Å².